The highest BCUT2D eigenvalue weighted by Gasteiger charge is 2.19. The number of hydrogen-bond acceptors (Lipinski definition) is 6. The van der Waals surface area contributed by atoms with E-state index in [1.165, 1.54) is 32.1 Å². The molecule has 0 aromatic carbocycles. The van der Waals surface area contributed by atoms with Gasteiger partial charge >= 0.3 is 17.9 Å². The molecule has 6 nitrogen and oxygen atoms in total. The summed E-state index contributed by atoms with van der Waals surface area (Å²) >= 11 is 0. The zero-order valence-corrected chi connectivity index (χ0v) is 36.1. The average molecular weight is 779 g/mol. The number of unbranched alkanes of at least 4 members (excludes halogenated alkanes) is 14. The summed E-state index contributed by atoms with van der Waals surface area (Å²) in [6.07, 6.45) is 56.0. The first-order valence-electron chi connectivity index (χ1n) is 22.6. The minimum atomic E-state index is -0.802. The third-order valence-electron chi connectivity index (χ3n) is 9.13. The predicted octanol–water partition coefficient (Wildman–Crippen LogP) is 14.5. The molecule has 0 rings (SSSR count). The summed E-state index contributed by atoms with van der Waals surface area (Å²) in [4.78, 5) is 37.5. The van der Waals surface area contributed by atoms with Crippen LogP contribution < -0.4 is 0 Å². The molecule has 0 bridgehead atoms. The van der Waals surface area contributed by atoms with Crippen LogP contribution in [0.4, 0.5) is 0 Å². The molecular weight excluding hydrogens is 697 g/mol. The van der Waals surface area contributed by atoms with E-state index in [2.05, 4.69) is 106 Å². The molecule has 0 aromatic heterocycles. The molecule has 0 N–H and O–H groups in total. The number of ether oxygens (including phenoxy) is 3. The highest BCUT2D eigenvalue weighted by molar-refractivity contribution is 5.71. The maximum Gasteiger partial charge on any atom is 0.306 e. The third kappa shape index (κ3) is 41.7. The van der Waals surface area contributed by atoms with Crippen molar-refractivity contribution in [2.45, 2.75) is 200 Å². The molecule has 0 aliphatic heterocycles. The summed E-state index contributed by atoms with van der Waals surface area (Å²) in [6, 6.07) is 0. The molecule has 0 aromatic rings. The zero-order chi connectivity index (χ0) is 40.8. The maximum atomic E-state index is 12.7. The second kappa shape index (κ2) is 44.3. The van der Waals surface area contributed by atoms with Crippen molar-refractivity contribution in [3.05, 3.63) is 85.1 Å². The molecule has 6 heteroatoms. The van der Waals surface area contributed by atoms with Gasteiger partial charge in [0.05, 0.1) is 0 Å². The predicted molar refractivity (Wildman–Crippen MR) is 237 cm³/mol. The van der Waals surface area contributed by atoms with E-state index in [4.69, 9.17) is 14.2 Å². The third-order valence-corrected chi connectivity index (χ3v) is 9.13. The highest BCUT2D eigenvalue weighted by Crippen LogP contribution is 2.12. The summed E-state index contributed by atoms with van der Waals surface area (Å²) < 4.78 is 16.5. The van der Waals surface area contributed by atoms with Crippen molar-refractivity contribution in [1.29, 1.82) is 0 Å². The van der Waals surface area contributed by atoms with E-state index >= 15 is 0 Å². The number of rotatable bonds is 39. The van der Waals surface area contributed by atoms with Crippen LogP contribution in [0.25, 0.3) is 0 Å². The van der Waals surface area contributed by atoms with Gasteiger partial charge in [-0.15, -0.1) is 0 Å². The molecule has 0 radical (unpaired) electrons. The first kappa shape index (κ1) is 52.6. The molecule has 318 valence electrons. The molecule has 0 heterocycles. The van der Waals surface area contributed by atoms with E-state index in [1.807, 2.05) is 0 Å². The minimum Gasteiger partial charge on any atom is -0.462 e. The lowest BCUT2D eigenvalue weighted by Crippen LogP contribution is -2.30. The van der Waals surface area contributed by atoms with E-state index in [0.29, 0.717) is 19.3 Å². The molecule has 0 aliphatic rings. The Morgan fingerprint density at radius 2 is 0.714 bits per heavy atom. The van der Waals surface area contributed by atoms with Gasteiger partial charge in [0.15, 0.2) is 6.10 Å². The number of allylic oxidation sites excluding steroid dienone is 14. The zero-order valence-electron chi connectivity index (χ0n) is 36.1. The van der Waals surface area contributed by atoms with Gasteiger partial charge in [0, 0.05) is 19.3 Å². The SMILES string of the molecule is CC/C=C\C/C=C\C/C=C\C/C=C\C/C=C\CCCC(=O)OCC(COC(=O)CCCCCCC)OC(=O)CCCCCCC/C=C\C/C=C\CCCCCC. The van der Waals surface area contributed by atoms with E-state index in [-0.39, 0.29) is 37.5 Å². The average Bonchev–Trinajstić information content (AvgIpc) is 3.19. The Morgan fingerprint density at radius 1 is 0.375 bits per heavy atom. The van der Waals surface area contributed by atoms with E-state index < -0.39 is 6.10 Å². The first-order chi connectivity index (χ1) is 27.5. The standard InChI is InChI=1S/C50H82O6/c1-4-7-10-13-15-17-19-21-23-25-27-28-30-32-34-37-40-43-49(52)55-46-47(45-54-48(51)42-39-36-12-9-6-3)56-50(53)44-41-38-35-33-31-29-26-24-22-20-18-16-14-11-8-5-2/h7,10,15,17-18,20-21,23-24,26-28,32,34,47H,4-6,8-9,11-14,16,19,22,25,29-31,33,35-46H2,1-3H3/b10-7-,17-15-,20-18-,23-21-,26-24-,28-27-,34-32-. The van der Waals surface area contributed by atoms with Crippen LogP contribution in [0.3, 0.4) is 0 Å². The second-order valence-electron chi connectivity index (χ2n) is 14.6. The molecule has 0 saturated heterocycles. The lowest BCUT2D eigenvalue weighted by atomic mass is 10.1. The molecule has 0 amide bonds. The minimum absolute atomic E-state index is 0.102. The Kier molecular flexibility index (Phi) is 41.6. The van der Waals surface area contributed by atoms with Crippen LogP contribution >= 0.6 is 0 Å². The van der Waals surface area contributed by atoms with Crippen molar-refractivity contribution in [3.8, 4) is 0 Å². The largest absolute Gasteiger partial charge is 0.462 e. The Bertz CT molecular complexity index is 1120. The topological polar surface area (TPSA) is 78.9 Å². The summed E-state index contributed by atoms with van der Waals surface area (Å²) in [5, 5.41) is 0. The highest BCUT2D eigenvalue weighted by atomic mass is 16.6. The van der Waals surface area contributed by atoms with E-state index in [9.17, 15) is 14.4 Å². The van der Waals surface area contributed by atoms with Gasteiger partial charge in [-0.3, -0.25) is 14.4 Å². The molecule has 0 fully saturated rings. The van der Waals surface area contributed by atoms with Gasteiger partial charge in [-0.1, -0.05) is 170 Å². The number of esters is 3. The van der Waals surface area contributed by atoms with Gasteiger partial charge in [0.25, 0.3) is 0 Å². The molecule has 1 atom stereocenters. The maximum absolute atomic E-state index is 12.7. The Hall–Kier alpha value is -3.41. The van der Waals surface area contributed by atoms with Crippen LogP contribution in [0.1, 0.15) is 194 Å². The number of hydrogen-bond donors (Lipinski definition) is 0. The van der Waals surface area contributed by atoms with Crippen LogP contribution in [0.15, 0.2) is 85.1 Å². The van der Waals surface area contributed by atoms with Gasteiger partial charge in [0.1, 0.15) is 13.2 Å². The van der Waals surface area contributed by atoms with Gasteiger partial charge in [-0.2, -0.15) is 0 Å². The van der Waals surface area contributed by atoms with Gasteiger partial charge in [-0.25, -0.2) is 0 Å². The van der Waals surface area contributed by atoms with Crippen LogP contribution in [0, 0.1) is 0 Å². The molecular formula is C50H82O6. The summed E-state index contributed by atoms with van der Waals surface area (Å²) in [5.41, 5.74) is 0. The van der Waals surface area contributed by atoms with Crippen LogP contribution in [-0.2, 0) is 28.6 Å². The fraction of sp³-hybridized carbons (Fsp3) is 0.660. The first-order valence-corrected chi connectivity index (χ1v) is 22.6. The van der Waals surface area contributed by atoms with Crippen molar-refractivity contribution in [3.63, 3.8) is 0 Å². The Balaban J connectivity index is 4.37. The van der Waals surface area contributed by atoms with Crippen LogP contribution in [0.2, 0.25) is 0 Å². The van der Waals surface area contributed by atoms with Gasteiger partial charge < -0.3 is 14.2 Å². The van der Waals surface area contributed by atoms with Gasteiger partial charge in [0.2, 0.25) is 0 Å². The molecule has 0 spiro atoms. The number of carbonyl (C=O) groups excluding carboxylic acids is 3. The summed E-state index contributed by atoms with van der Waals surface area (Å²) in [6.45, 7) is 6.33. The molecule has 56 heavy (non-hydrogen) atoms. The Labute approximate surface area is 344 Å². The van der Waals surface area contributed by atoms with Crippen molar-refractivity contribution in [2.75, 3.05) is 13.2 Å². The molecule has 0 saturated carbocycles. The van der Waals surface area contributed by atoms with Crippen molar-refractivity contribution < 1.29 is 28.6 Å². The lowest BCUT2D eigenvalue weighted by molar-refractivity contribution is -0.167. The van der Waals surface area contributed by atoms with E-state index in [1.54, 1.807) is 0 Å². The second-order valence-corrected chi connectivity index (χ2v) is 14.6. The molecule has 0 aliphatic carbocycles. The number of carbonyl (C=O) groups is 3. The summed E-state index contributed by atoms with van der Waals surface area (Å²) in [7, 11) is 0. The van der Waals surface area contributed by atoms with Crippen molar-refractivity contribution in [2.24, 2.45) is 0 Å². The normalized spacial score (nSPS) is 12.8. The lowest BCUT2D eigenvalue weighted by Gasteiger charge is -2.18. The fourth-order valence-electron chi connectivity index (χ4n) is 5.74. The van der Waals surface area contributed by atoms with Crippen molar-refractivity contribution >= 4 is 17.9 Å². The quantitative estimate of drug-likeness (QED) is 0.0268. The van der Waals surface area contributed by atoms with Gasteiger partial charge in [-0.05, 0) is 89.9 Å². The fourth-order valence-corrected chi connectivity index (χ4v) is 5.74. The smallest absolute Gasteiger partial charge is 0.306 e. The summed E-state index contributed by atoms with van der Waals surface area (Å²) in [5.74, 6) is -0.999. The van der Waals surface area contributed by atoms with Crippen LogP contribution in [0.5, 0.6) is 0 Å². The monoisotopic (exact) mass is 779 g/mol. The van der Waals surface area contributed by atoms with Crippen molar-refractivity contribution in [1.82, 2.24) is 0 Å². The molecule has 1 unspecified atom stereocenters. The Morgan fingerprint density at radius 3 is 1.18 bits per heavy atom. The van der Waals surface area contributed by atoms with E-state index in [0.717, 1.165) is 116 Å². The van der Waals surface area contributed by atoms with Crippen LogP contribution in [-0.4, -0.2) is 37.2 Å².